The summed E-state index contributed by atoms with van der Waals surface area (Å²) in [5.41, 5.74) is 3.56. The van der Waals surface area contributed by atoms with Gasteiger partial charge in [-0.3, -0.25) is 10.00 Å². The van der Waals surface area contributed by atoms with E-state index >= 15 is 0 Å². The van der Waals surface area contributed by atoms with Gasteiger partial charge in [-0.15, -0.1) is 0 Å². The number of hydrogen-bond acceptors (Lipinski definition) is 4. The van der Waals surface area contributed by atoms with Crippen LogP contribution in [0.5, 0.6) is 0 Å². The Morgan fingerprint density at radius 1 is 1.50 bits per heavy atom. The lowest BCUT2D eigenvalue weighted by Gasteiger charge is -2.23. The van der Waals surface area contributed by atoms with E-state index in [1.54, 1.807) is 6.33 Å². The van der Waals surface area contributed by atoms with Gasteiger partial charge in [-0.05, 0) is 32.4 Å². The van der Waals surface area contributed by atoms with Crippen LogP contribution >= 0.6 is 0 Å². The molecule has 1 aliphatic heterocycles. The number of aromatic amines is 1. The van der Waals surface area contributed by atoms with Crippen molar-refractivity contribution in [1.82, 2.24) is 25.1 Å². The Balaban J connectivity index is 1.78. The molecule has 0 radical (unpaired) electrons. The highest BCUT2D eigenvalue weighted by atomic mass is 15.2. The van der Waals surface area contributed by atoms with Crippen molar-refractivity contribution in [3.05, 3.63) is 41.7 Å². The molecule has 0 aliphatic carbocycles. The van der Waals surface area contributed by atoms with Crippen LogP contribution in [0.4, 0.5) is 0 Å². The normalized spacial score (nSPS) is 20.4. The molecule has 0 bridgehead atoms. The predicted molar refractivity (Wildman–Crippen MR) is 67.7 cm³/mol. The van der Waals surface area contributed by atoms with Crippen LogP contribution in [0, 0.1) is 6.92 Å². The molecule has 1 fully saturated rings. The molecule has 0 saturated carbocycles. The van der Waals surface area contributed by atoms with Gasteiger partial charge in [0.05, 0.1) is 17.9 Å². The monoisotopic (exact) mass is 243 g/mol. The maximum Gasteiger partial charge on any atom is 0.115 e. The average Bonchev–Trinajstić information content (AvgIpc) is 3.01. The summed E-state index contributed by atoms with van der Waals surface area (Å²) in [7, 11) is 0. The highest BCUT2D eigenvalue weighted by Crippen LogP contribution is 2.31. The van der Waals surface area contributed by atoms with Crippen molar-refractivity contribution < 1.29 is 0 Å². The van der Waals surface area contributed by atoms with Crippen LogP contribution in [0.3, 0.4) is 0 Å². The maximum absolute atomic E-state index is 4.39. The summed E-state index contributed by atoms with van der Waals surface area (Å²) in [6.07, 6.45) is 7.78. The molecule has 18 heavy (non-hydrogen) atoms. The van der Waals surface area contributed by atoms with Gasteiger partial charge in [0.1, 0.15) is 6.33 Å². The van der Waals surface area contributed by atoms with Crippen LogP contribution in [0.15, 0.2) is 24.8 Å². The predicted octanol–water partition coefficient (Wildman–Crippen LogP) is 1.85. The fourth-order valence-corrected chi connectivity index (χ4v) is 2.60. The van der Waals surface area contributed by atoms with Crippen molar-refractivity contribution in [3.8, 4) is 0 Å². The van der Waals surface area contributed by atoms with E-state index in [9.17, 15) is 0 Å². The van der Waals surface area contributed by atoms with Gasteiger partial charge in [-0.1, -0.05) is 0 Å². The standard InChI is InChI=1S/C13H17N5/c1-10-11(7-16-17-10)8-18-6-2-3-13(18)12-4-5-14-9-15-12/h4-5,7,9,13H,2-3,6,8H2,1H3,(H,16,17)/t13-/m1/s1. The molecule has 1 N–H and O–H groups in total. The molecule has 1 atom stereocenters. The fraction of sp³-hybridized carbons (Fsp3) is 0.462. The zero-order valence-electron chi connectivity index (χ0n) is 10.5. The van der Waals surface area contributed by atoms with Crippen molar-refractivity contribution >= 4 is 0 Å². The first-order chi connectivity index (χ1) is 8.84. The van der Waals surface area contributed by atoms with E-state index in [0.717, 1.165) is 24.5 Å². The van der Waals surface area contributed by atoms with Crippen molar-refractivity contribution in [2.75, 3.05) is 6.54 Å². The Hall–Kier alpha value is -1.75. The second-order valence-corrected chi connectivity index (χ2v) is 4.78. The molecule has 2 aromatic heterocycles. The van der Waals surface area contributed by atoms with Crippen LogP contribution in [0.2, 0.25) is 0 Å². The molecule has 5 heteroatoms. The molecule has 1 saturated heterocycles. The largest absolute Gasteiger partial charge is 0.290 e. The average molecular weight is 243 g/mol. The first-order valence-electron chi connectivity index (χ1n) is 6.33. The molecule has 2 aromatic rings. The molecule has 94 valence electrons. The smallest absolute Gasteiger partial charge is 0.115 e. The van der Waals surface area contributed by atoms with E-state index in [-0.39, 0.29) is 0 Å². The molecule has 3 rings (SSSR count). The number of rotatable bonds is 3. The van der Waals surface area contributed by atoms with Crippen molar-refractivity contribution in [2.24, 2.45) is 0 Å². The van der Waals surface area contributed by atoms with E-state index in [0.29, 0.717) is 6.04 Å². The number of nitrogens with zero attached hydrogens (tertiary/aromatic N) is 4. The third kappa shape index (κ3) is 2.13. The Labute approximate surface area is 106 Å². The van der Waals surface area contributed by atoms with Crippen LogP contribution in [-0.4, -0.2) is 31.6 Å². The van der Waals surface area contributed by atoms with Gasteiger partial charge in [0.2, 0.25) is 0 Å². The number of aromatic nitrogens is 4. The van der Waals surface area contributed by atoms with Gasteiger partial charge in [0.15, 0.2) is 0 Å². The van der Waals surface area contributed by atoms with E-state index in [4.69, 9.17) is 0 Å². The molecular formula is C13H17N5. The summed E-state index contributed by atoms with van der Waals surface area (Å²) in [6.45, 7) is 4.13. The highest BCUT2D eigenvalue weighted by molar-refractivity contribution is 5.16. The summed E-state index contributed by atoms with van der Waals surface area (Å²) in [4.78, 5) is 10.8. The van der Waals surface area contributed by atoms with Crippen LogP contribution < -0.4 is 0 Å². The summed E-state index contributed by atoms with van der Waals surface area (Å²) in [5.74, 6) is 0. The quantitative estimate of drug-likeness (QED) is 0.893. The van der Waals surface area contributed by atoms with Crippen molar-refractivity contribution in [1.29, 1.82) is 0 Å². The first-order valence-corrected chi connectivity index (χ1v) is 6.33. The molecule has 5 nitrogen and oxygen atoms in total. The van der Waals surface area contributed by atoms with Crippen LogP contribution in [-0.2, 0) is 6.54 Å². The minimum Gasteiger partial charge on any atom is -0.290 e. The summed E-state index contributed by atoms with van der Waals surface area (Å²) in [5, 5.41) is 7.08. The van der Waals surface area contributed by atoms with Crippen molar-refractivity contribution in [2.45, 2.75) is 32.4 Å². The van der Waals surface area contributed by atoms with E-state index in [1.165, 1.54) is 18.4 Å². The van der Waals surface area contributed by atoms with Crippen molar-refractivity contribution in [3.63, 3.8) is 0 Å². The molecule has 0 amide bonds. The zero-order valence-corrected chi connectivity index (χ0v) is 10.5. The number of hydrogen-bond donors (Lipinski definition) is 1. The Morgan fingerprint density at radius 2 is 2.44 bits per heavy atom. The lowest BCUT2D eigenvalue weighted by atomic mass is 10.1. The van der Waals surface area contributed by atoms with Gasteiger partial charge in [-0.2, -0.15) is 5.10 Å². The highest BCUT2D eigenvalue weighted by Gasteiger charge is 2.27. The number of likely N-dealkylation sites (tertiary alicyclic amines) is 1. The number of aryl methyl sites for hydroxylation is 1. The van der Waals surface area contributed by atoms with Crippen LogP contribution in [0.25, 0.3) is 0 Å². The first kappa shape index (κ1) is 11.3. The minimum absolute atomic E-state index is 0.419. The third-order valence-corrected chi connectivity index (χ3v) is 3.62. The van der Waals surface area contributed by atoms with E-state index in [1.807, 2.05) is 18.5 Å². The van der Waals surface area contributed by atoms with E-state index in [2.05, 4.69) is 32.0 Å². The van der Waals surface area contributed by atoms with Gasteiger partial charge in [-0.25, -0.2) is 9.97 Å². The molecule has 1 aliphatic rings. The number of H-pyrrole nitrogens is 1. The SMILES string of the molecule is Cc1[nH]ncc1CN1CCC[C@@H]1c1ccncn1. The summed E-state index contributed by atoms with van der Waals surface area (Å²) in [6, 6.07) is 2.44. The molecule has 0 unspecified atom stereocenters. The Kier molecular flexibility index (Phi) is 3.06. The van der Waals surface area contributed by atoms with E-state index < -0.39 is 0 Å². The second kappa shape index (κ2) is 4.86. The summed E-state index contributed by atoms with van der Waals surface area (Å²) < 4.78 is 0. The van der Waals surface area contributed by atoms with Gasteiger partial charge < -0.3 is 0 Å². The van der Waals surface area contributed by atoms with Gasteiger partial charge in [0, 0.05) is 24.0 Å². The lowest BCUT2D eigenvalue weighted by molar-refractivity contribution is 0.244. The summed E-state index contributed by atoms with van der Waals surface area (Å²) >= 11 is 0. The lowest BCUT2D eigenvalue weighted by Crippen LogP contribution is -2.23. The van der Waals surface area contributed by atoms with Gasteiger partial charge >= 0.3 is 0 Å². The molecule has 0 aromatic carbocycles. The van der Waals surface area contributed by atoms with Crippen LogP contribution in [0.1, 0.15) is 35.8 Å². The molecular weight excluding hydrogens is 226 g/mol. The maximum atomic E-state index is 4.39. The van der Waals surface area contributed by atoms with Gasteiger partial charge in [0.25, 0.3) is 0 Å². The molecule has 3 heterocycles. The Bertz CT molecular complexity index is 507. The zero-order chi connectivity index (χ0) is 12.4. The topological polar surface area (TPSA) is 57.7 Å². The fourth-order valence-electron chi connectivity index (χ4n) is 2.60. The third-order valence-electron chi connectivity index (χ3n) is 3.62. The molecule has 0 spiro atoms. The number of nitrogens with one attached hydrogen (secondary N) is 1. The second-order valence-electron chi connectivity index (χ2n) is 4.78. The minimum atomic E-state index is 0.419. The Morgan fingerprint density at radius 3 is 3.17 bits per heavy atom.